The summed E-state index contributed by atoms with van der Waals surface area (Å²) in [6.45, 7) is 5.83. The third-order valence-electron chi connectivity index (χ3n) is 3.22. The summed E-state index contributed by atoms with van der Waals surface area (Å²) in [5.41, 5.74) is 0.837. The summed E-state index contributed by atoms with van der Waals surface area (Å²) in [4.78, 5) is 21.9. The molecule has 0 radical (unpaired) electrons. The summed E-state index contributed by atoms with van der Waals surface area (Å²) >= 11 is 0. The van der Waals surface area contributed by atoms with Gasteiger partial charge >= 0.3 is 5.97 Å². The van der Waals surface area contributed by atoms with Gasteiger partial charge in [-0.1, -0.05) is 13.8 Å². The highest BCUT2D eigenvalue weighted by molar-refractivity contribution is 5.88. The highest BCUT2D eigenvalue weighted by Crippen LogP contribution is 2.21. The molecule has 0 atom stereocenters. The molecule has 0 bridgehead atoms. The molecule has 0 saturated carbocycles. The fourth-order valence-electron chi connectivity index (χ4n) is 2.24. The van der Waals surface area contributed by atoms with E-state index in [2.05, 4.69) is 14.9 Å². The third-order valence-corrected chi connectivity index (χ3v) is 3.22. The Balaban J connectivity index is 2.33. The lowest BCUT2D eigenvalue weighted by molar-refractivity contribution is 0.0694. The molecule has 0 aliphatic carbocycles. The third kappa shape index (κ3) is 2.60. The van der Waals surface area contributed by atoms with Gasteiger partial charge in [0.2, 0.25) is 5.95 Å². The summed E-state index contributed by atoms with van der Waals surface area (Å²) in [5.74, 6) is -0.199. The number of carboxylic acid groups (broad SMARTS) is 1. The van der Waals surface area contributed by atoms with Crippen LogP contribution in [0.15, 0.2) is 6.20 Å². The Morgan fingerprint density at radius 1 is 1.33 bits per heavy atom. The lowest BCUT2D eigenvalue weighted by atomic mass is 10.1. The van der Waals surface area contributed by atoms with Crippen molar-refractivity contribution >= 4 is 11.9 Å². The molecule has 1 N–H and O–H groups in total. The minimum absolute atomic E-state index is 0.0858. The number of hydrogen-bond acceptors (Lipinski definition) is 4. The number of aromatic carboxylic acids is 1. The van der Waals surface area contributed by atoms with Gasteiger partial charge in [-0.3, -0.25) is 0 Å². The van der Waals surface area contributed by atoms with Crippen LogP contribution in [0.4, 0.5) is 5.95 Å². The number of nitrogens with zero attached hydrogens (tertiary/aromatic N) is 3. The van der Waals surface area contributed by atoms with Gasteiger partial charge in [-0.25, -0.2) is 14.8 Å². The van der Waals surface area contributed by atoms with Gasteiger partial charge in [0.25, 0.3) is 0 Å². The number of aromatic nitrogens is 2. The van der Waals surface area contributed by atoms with Crippen LogP contribution in [0.3, 0.4) is 0 Å². The summed E-state index contributed by atoms with van der Waals surface area (Å²) < 4.78 is 0. The zero-order valence-electron chi connectivity index (χ0n) is 10.9. The van der Waals surface area contributed by atoms with Gasteiger partial charge in [-0.2, -0.15) is 0 Å². The van der Waals surface area contributed by atoms with E-state index >= 15 is 0 Å². The van der Waals surface area contributed by atoms with Crippen molar-refractivity contribution in [3.8, 4) is 0 Å². The van der Waals surface area contributed by atoms with Crippen LogP contribution in [-0.2, 0) is 0 Å². The van der Waals surface area contributed by atoms with E-state index in [1.807, 2.05) is 13.8 Å². The van der Waals surface area contributed by atoms with Crippen LogP contribution in [0.25, 0.3) is 0 Å². The topological polar surface area (TPSA) is 66.3 Å². The van der Waals surface area contributed by atoms with Gasteiger partial charge in [0.1, 0.15) is 0 Å². The Morgan fingerprint density at radius 2 is 2.00 bits per heavy atom. The maximum atomic E-state index is 11.1. The largest absolute Gasteiger partial charge is 0.478 e. The van der Waals surface area contributed by atoms with Crippen LogP contribution in [-0.4, -0.2) is 34.1 Å². The Morgan fingerprint density at radius 3 is 2.56 bits per heavy atom. The van der Waals surface area contributed by atoms with E-state index in [1.165, 1.54) is 12.6 Å². The molecule has 1 fully saturated rings. The van der Waals surface area contributed by atoms with Gasteiger partial charge in [-0.05, 0) is 25.2 Å². The zero-order chi connectivity index (χ0) is 13.1. The second-order valence-electron chi connectivity index (χ2n) is 4.98. The number of piperidine rings is 1. The van der Waals surface area contributed by atoms with Crippen molar-refractivity contribution in [2.45, 2.75) is 39.0 Å². The van der Waals surface area contributed by atoms with Gasteiger partial charge in [0.15, 0.2) is 0 Å². The average Bonchev–Trinajstić information content (AvgIpc) is 2.39. The van der Waals surface area contributed by atoms with Crippen molar-refractivity contribution in [3.63, 3.8) is 0 Å². The van der Waals surface area contributed by atoms with Crippen LogP contribution >= 0.6 is 0 Å². The van der Waals surface area contributed by atoms with Gasteiger partial charge in [-0.15, -0.1) is 0 Å². The summed E-state index contributed by atoms with van der Waals surface area (Å²) in [5, 5.41) is 9.12. The maximum absolute atomic E-state index is 11.1. The van der Waals surface area contributed by atoms with E-state index in [4.69, 9.17) is 5.11 Å². The highest BCUT2D eigenvalue weighted by atomic mass is 16.4. The Hall–Kier alpha value is -1.65. The molecular weight excluding hydrogens is 230 g/mol. The van der Waals surface area contributed by atoms with Gasteiger partial charge in [0.05, 0.1) is 11.3 Å². The maximum Gasteiger partial charge on any atom is 0.339 e. The fraction of sp³-hybridized carbons (Fsp3) is 0.615. The Labute approximate surface area is 107 Å². The number of hydrogen-bond donors (Lipinski definition) is 1. The first-order chi connectivity index (χ1) is 8.59. The van der Waals surface area contributed by atoms with Crippen molar-refractivity contribution in [2.75, 3.05) is 18.0 Å². The number of carboxylic acids is 1. The zero-order valence-corrected chi connectivity index (χ0v) is 10.9. The molecule has 0 aromatic carbocycles. The second kappa shape index (κ2) is 5.33. The summed E-state index contributed by atoms with van der Waals surface area (Å²) in [6, 6.07) is 0. The van der Waals surface area contributed by atoms with Gasteiger partial charge < -0.3 is 10.0 Å². The molecular formula is C13H19N3O2. The molecule has 1 aromatic rings. The van der Waals surface area contributed by atoms with E-state index in [9.17, 15) is 4.79 Å². The summed E-state index contributed by atoms with van der Waals surface area (Å²) in [7, 11) is 0. The highest BCUT2D eigenvalue weighted by Gasteiger charge is 2.19. The fourth-order valence-corrected chi connectivity index (χ4v) is 2.24. The van der Waals surface area contributed by atoms with Gasteiger partial charge in [0, 0.05) is 19.3 Å². The molecule has 18 heavy (non-hydrogen) atoms. The van der Waals surface area contributed by atoms with Crippen LogP contribution in [0.1, 0.15) is 55.1 Å². The first-order valence-corrected chi connectivity index (χ1v) is 6.44. The van der Waals surface area contributed by atoms with Crippen molar-refractivity contribution in [2.24, 2.45) is 0 Å². The number of rotatable bonds is 3. The average molecular weight is 249 g/mol. The predicted octanol–water partition coefficient (Wildman–Crippen LogP) is 2.29. The smallest absolute Gasteiger partial charge is 0.339 e. The molecule has 5 nitrogen and oxygen atoms in total. The molecule has 98 valence electrons. The first-order valence-electron chi connectivity index (χ1n) is 6.44. The second-order valence-corrected chi connectivity index (χ2v) is 4.98. The first kappa shape index (κ1) is 12.8. The Bertz CT molecular complexity index is 440. The van der Waals surface area contributed by atoms with E-state index in [0.717, 1.165) is 25.9 Å². The van der Waals surface area contributed by atoms with Crippen molar-refractivity contribution in [1.29, 1.82) is 0 Å². The standard InChI is InChI=1S/C13H19N3O2/c1-9(2)11-10(12(17)18)8-14-13(15-11)16-6-4-3-5-7-16/h8-9H,3-7H2,1-2H3,(H,17,18). The Kier molecular flexibility index (Phi) is 3.79. The van der Waals surface area contributed by atoms with E-state index in [1.54, 1.807) is 0 Å². The normalized spacial score (nSPS) is 16.1. The minimum Gasteiger partial charge on any atom is -0.478 e. The van der Waals surface area contributed by atoms with Crippen molar-refractivity contribution < 1.29 is 9.90 Å². The van der Waals surface area contributed by atoms with E-state index in [-0.39, 0.29) is 11.5 Å². The predicted molar refractivity (Wildman–Crippen MR) is 69.1 cm³/mol. The minimum atomic E-state index is -0.955. The molecule has 5 heteroatoms. The lowest BCUT2D eigenvalue weighted by Crippen LogP contribution is -2.31. The van der Waals surface area contributed by atoms with E-state index < -0.39 is 5.97 Å². The molecule has 0 spiro atoms. The van der Waals surface area contributed by atoms with Crippen LogP contribution < -0.4 is 4.90 Å². The molecule has 0 unspecified atom stereocenters. The molecule has 2 rings (SSSR count). The quantitative estimate of drug-likeness (QED) is 0.890. The molecule has 1 aromatic heterocycles. The number of anilines is 1. The number of carbonyl (C=O) groups is 1. The van der Waals surface area contributed by atoms with Crippen molar-refractivity contribution in [1.82, 2.24) is 9.97 Å². The summed E-state index contributed by atoms with van der Waals surface area (Å²) in [6.07, 6.45) is 5.00. The van der Waals surface area contributed by atoms with Crippen LogP contribution in [0.2, 0.25) is 0 Å². The van der Waals surface area contributed by atoms with Crippen LogP contribution in [0, 0.1) is 0 Å². The van der Waals surface area contributed by atoms with Crippen LogP contribution in [0.5, 0.6) is 0 Å². The van der Waals surface area contributed by atoms with E-state index in [0.29, 0.717) is 11.6 Å². The van der Waals surface area contributed by atoms with Crippen molar-refractivity contribution in [3.05, 3.63) is 17.5 Å². The lowest BCUT2D eigenvalue weighted by Gasteiger charge is -2.27. The molecule has 2 heterocycles. The molecule has 1 aliphatic rings. The molecule has 1 aliphatic heterocycles. The SMILES string of the molecule is CC(C)c1nc(N2CCCCC2)ncc1C(=O)O. The molecule has 1 saturated heterocycles. The monoisotopic (exact) mass is 249 g/mol. The molecule has 0 amide bonds.